The second-order valence-corrected chi connectivity index (χ2v) is 10.7. The van der Waals surface area contributed by atoms with Crippen LogP contribution in [0.1, 0.15) is 24.8 Å². The topological polar surface area (TPSA) is 84.7 Å². The molecule has 1 radical (unpaired) electrons. The minimum atomic E-state index is -0.431. The summed E-state index contributed by atoms with van der Waals surface area (Å²) in [5, 5.41) is 3.91. The van der Waals surface area contributed by atoms with Crippen molar-refractivity contribution >= 4 is 62.6 Å². The fourth-order valence-electron chi connectivity index (χ4n) is 3.55. The minimum Gasteiger partial charge on any atom is -0.147 e. The van der Waals surface area contributed by atoms with E-state index in [1.165, 1.54) is 0 Å². The van der Waals surface area contributed by atoms with E-state index in [1.807, 2.05) is 30.0 Å². The van der Waals surface area contributed by atoms with E-state index in [1.54, 1.807) is 0 Å². The van der Waals surface area contributed by atoms with Gasteiger partial charge in [0.05, 0.1) is 0 Å². The molecule has 10 heteroatoms. The van der Waals surface area contributed by atoms with Gasteiger partial charge in [0.15, 0.2) is 0 Å². The van der Waals surface area contributed by atoms with E-state index in [2.05, 4.69) is 5.32 Å². The molecule has 1 aromatic rings. The Kier molecular flexibility index (Phi) is 11.3. The average Bonchev–Trinajstić information content (AvgIpc) is 3.13. The number of ether oxygens (including phenoxy) is 1. The molecule has 2 saturated heterocycles. The summed E-state index contributed by atoms with van der Waals surface area (Å²) in [6.07, 6.45) is 2.41. The quantitative estimate of drug-likeness (QED) is 0.554. The van der Waals surface area contributed by atoms with Gasteiger partial charge < -0.3 is 0 Å². The molecule has 0 bridgehead atoms. The van der Waals surface area contributed by atoms with Crippen LogP contribution in [0.5, 0.6) is 5.75 Å². The average molecular weight is 528 g/mol. The monoisotopic (exact) mass is 526 g/mol. The van der Waals surface area contributed by atoms with E-state index in [4.69, 9.17) is 22.1 Å². The molecule has 1 unspecified atom stereocenters. The molecule has 2 aliphatic heterocycles. The number of benzene rings is 1. The predicted molar refractivity (Wildman–Crippen MR) is 121 cm³/mol. The molecule has 163 valence electrons. The SMILES string of the molecule is Cc1ccc(Cl)c(OC2CCN(C(=O)[C@H]3CC([As]C(=O)CN)CN3)CC2)c1.Cl.Cl. The van der Waals surface area contributed by atoms with Crippen LogP contribution in [-0.4, -0.2) is 69.5 Å². The Labute approximate surface area is 196 Å². The van der Waals surface area contributed by atoms with Crippen molar-refractivity contribution in [1.82, 2.24) is 10.2 Å². The van der Waals surface area contributed by atoms with Crippen LogP contribution in [0.2, 0.25) is 9.73 Å². The molecular weight excluding hydrogens is 500 g/mol. The summed E-state index contributed by atoms with van der Waals surface area (Å²) in [4.78, 5) is 26.2. The van der Waals surface area contributed by atoms with E-state index in [-0.39, 0.29) is 54.0 Å². The normalized spacial score (nSPS) is 22.2. The number of likely N-dealkylation sites (tertiary alicyclic amines) is 1. The molecule has 2 atom stereocenters. The number of hydrogen-bond acceptors (Lipinski definition) is 5. The first-order chi connectivity index (χ1) is 13.0. The fourth-order valence-corrected chi connectivity index (χ4v) is 5.87. The van der Waals surface area contributed by atoms with Crippen molar-refractivity contribution in [3.63, 3.8) is 0 Å². The van der Waals surface area contributed by atoms with E-state index in [0.717, 1.165) is 37.1 Å². The molecule has 0 spiro atoms. The van der Waals surface area contributed by atoms with Crippen LogP contribution in [0, 0.1) is 6.92 Å². The summed E-state index contributed by atoms with van der Waals surface area (Å²) in [7, 11) is 0. The Morgan fingerprint density at radius 2 is 2.00 bits per heavy atom. The number of hydrogen-bond donors (Lipinski definition) is 2. The van der Waals surface area contributed by atoms with E-state index < -0.39 is 15.8 Å². The summed E-state index contributed by atoms with van der Waals surface area (Å²) >= 11 is 5.78. The molecule has 0 aliphatic carbocycles. The number of amides is 1. The fraction of sp³-hybridized carbons (Fsp3) is 0.579. The van der Waals surface area contributed by atoms with Crippen LogP contribution in [0.15, 0.2) is 18.2 Å². The summed E-state index contributed by atoms with van der Waals surface area (Å²) < 4.78 is 6.52. The first-order valence-electron chi connectivity index (χ1n) is 9.35. The maximum Gasteiger partial charge on any atom is -0.147 e. The van der Waals surface area contributed by atoms with Gasteiger partial charge in [-0.2, -0.15) is 0 Å². The van der Waals surface area contributed by atoms with Crippen molar-refractivity contribution < 1.29 is 14.3 Å². The molecule has 0 aromatic heterocycles. The van der Waals surface area contributed by atoms with Crippen LogP contribution >= 0.6 is 36.4 Å². The molecule has 3 rings (SSSR count). The van der Waals surface area contributed by atoms with Gasteiger partial charge in [-0.1, -0.05) is 6.07 Å². The second-order valence-electron chi connectivity index (χ2n) is 7.15. The number of piperidine rings is 1. The first kappa shape index (κ1) is 26.5. The first-order valence-corrected chi connectivity index (χ1v) is 11.7. The molecule has 1 amide bonds. The van der Waals surface area contributed by atoms with Crippen molar-refractivity contribution in [3.05, 3.63) is 28.8 Å². The maximum absolute atomic E-state index is 12.8. The Morgan fingerprint density at radius 1 is 1.31 bits per heavy atom. The Bertz CT molecular complexity index is 703. The van der Waals surface area contributed by atoms with Gasteiger partial charge in [0.25, 0.3) is 0 Å². The van der Waals surface area contributed by atoms with Gasteiger partial charge in [-0.3, -0.25) is 0 Å². The smallest absolute Gasteiger partial charge is 0.147 e. The third-order valence-corrected chi connectivity index (χ3v) is 7.93. The number of nitrogens with zero attached hydrogens (tertiary/aromatic N) is 1. The Balaban J connectivity index is 0.00000210. The minimum absolute atomic E-state index is 0. The molecule has 2 heterocycles. The van der Waals surface area contributed by atoms with Crippen LogP contribution in [0.3, 0.4) is 0 Å². The maximum atomic E-state index is 12.8. The molecule has 2 fully saturated rings. The van der Waals surface area contributed by atoms with Gasteiger partial charge >= 0.3 is 159 Å². The number of nitrogens with one attached hydrogen (secondary N) is 1. The van der Waals surface area contributed by atoms with Gasteiger partial charge in [0.1, 0.15) is 0 Å². The van der Waals surface area contributed by atoms with Crippen molar-refractivity contribution in [1.29, 1.82) is 0 Å². The van der Waals surface area contributed by atoms with E-state index in [9.17, 15) is 9.59 Å². The van der Waals surface area contributed by atoms with Crippen LogP contribution in [0.4, 0.5) is 0 Å². The number of carbonyl (C=O) groups excluding carboxylic acids is 2. The van der Waals surface area contributed by atoms with Crippen LogP contribution < -0.4 is 15.8 Å². The van der Waals surface area contributed by atoms with E-state index >= 15 is 0 Å². The summed E-state index contributed by atoms with van der Waals surface area (Å²) in [6, 6.07) is 5.60. The van der Waals surface area contributed by atoms with Gasteiger partial charge in [-0.25, -0.2) is 0 Å². The number of aryl methyl sites for hydroxylation is 1. The molecule has 1 aromatic carbocycles. The molecular formula is C19H28AsCl3N3O3. The second kappa shape index (κ2) is 12.4. The van der Waals surface area contributed by atoms with Gasteiger partial charge in [0, 0.05) is 0 Å². The number of nitrogens with two attached hydrogens (primary N) is 1. The summed E-state index contributed by atoms with van der Waals surface area (Å²) in [5.41, 5.74) is 6.52. The van der Waals surface area contributed by atoms with Crippen molar-refractivity contribution in [2.45, 2.75) is 43.0 Å². The van der Waals surface area contributed by atoms with Gasteiger partial charge in [-0.05, 0) is 6.92 Å². The third kappa shape index (κ3) is 7.30. The molecule has 2 aliphatic rings. The largest absolute Gasteiger partial charge is 0.147 e. The number of halogens is 3. The number of carbonyl (C=O) groups is 2. The predicted octanol–water partition coefficient (Wildman–Crippen LogP) is 2.20. The van der Waals surface area contributed by atoms with Crippen molar-refractivity contribution in [3.8, 4) is 5.75 Å². The molecule has 29 heavy (non-hydrogen) atoms. The molecule has 0 saturated carbocycles. The zero-order valence-corrected chi connectivity index (χ0v) is 20.6. The van der Waals surface area contributed by atoms with Gasteiger partial charge in [-0.15, -0.1) is 24.8 Å². The standard InChI is InChI=1S/C19H26AsClN3O3.2ClH/c1-12-2-3-15(21)17(8-12)27-14-4-6-24(7-5-14)19(26)16-9-13(11-23-16)20-18(25)10-22;;/h2-3,8,13-14,16,23H,4-7,9-11,22H2,1H3;2*1H/t13?,16-;;/m1../s1. The zero-order chi connectivity index (χ0) is 19.4. The molecule has 3 N–H and O–H groups in total. The third-order valence-electron chi connectivity index (χ3n) is 5.04. The van der Waals surface area contributed by atoms with Gasteiger partial charge in [0.2, 0.25) is 0 Å². The van der Waals surface area contributed by atoms with Crippen LogP contribution in [0.25, 0.3) is 0 Å². The Morgan fingerprint density at radius 3 is 2.66 bits per heavy atom. The van der Waals surface area contributed by atoms with Crippen molar-refractivity contribution in [2.24, 2.45) is 5.73 Å². The van der Waals surface area contributed by atoms with E-state index in [0.29, 0.717) is 22.8 Å². The van der Waals surface area contributed by atoms with Crippen LogP contribution in [-0.2, 0) is 9.59 Å². The number of rotatable bonds is 6. The zero-order valence-electron chi connectivity index (χ0n) is 16.3. The summed E-state index contributed by atoms with van der Waals surface area (Å²) in [6.45, 7) is 4.24. The van der Waals surface area contributed by atoms with Crippen molar-refractivity contribution in [2.75, 3.05) is 26.2 Å². The Hall–Kier alpha value is -0.492. The molecule has 6 nitrogen and oxygen atoms in total. The summed E-state index contributed by atoms with van der Waals surface area (Å²) in [5.74, 6) is 0.862.